The molecule has 1 N–H and O–H groups in total. The van der Waals surface area contributed by atoms with Gasteiger partial charge in [-0.25, -0.2) is 4.39 Å². The van der Waals surface area contributed by atoms with Crippen molar-refractivity contribution in [3.05, 3.63) is 82.2 Å². The van der Waals surface area contributed by atoms with Gasteiger partial charge in [0.25, 0.3) is 0 Å². The molecular formula is C25H28FNO2S2. The summed E-state index contributed by atoms with van der Waals surface area (Å²) in [5.41, 5.74) is 5.01. The summed E-state index contributed by atoms with van der Waals surface area (Å²) in [7, 11) is 0. The molecule has 0 bridgehead atoms. The third-order valence-corrected chi connectivity index (χ3v) is 7.30. The van der Waals surface area contributed by atoms with Gasteiger partial charge in [0.15, 0.2) is 0 Å². The molecule has 6 heteroatoms. The van der Waals surface area contributed by atoms with E-state index in [1.807, 2.05) is 19.9 Å². The van der Waals surface area contributed by atoms with Gasteiger partial charge in [0.2, 0.25) is 0 Å². The number of aliphatic imine (C=N–C) groups is 1. The van der Waals surface area contributed by atoms with Crippen LogP contribution in [0.5, 0.6) is 0 Å². The zero-order valence-corrected chi connectivity index (χ0v) is 20.0. The summed E-state index contributed by atoms with van der Waals surface area (Å²) in [6.45, 7) is 12.1. The Morgan fingerprint density at radius 2 is 1.77 bits per heavy atom. The highest BCUT2D eigenvalue weighted by molar-refractivity contribution is 8.04. The van der Waals surface area contributed by atoms with Crippen LogP contribution in [0.4, 0.5) is 4.39 Å². The average Bonchev–Trinajstić information content (AvgIpc) is 2.72. The van der Waals surface area contributed by atoms with E-state index in [0.717, 1.165) is 48.6 Å². The van der Waals surface area contributed by atoms with E-state index in [9.17, 15) is 9.18 Å². The smallest absolute Gasteiger partial charge is 0.303 e. The van der Waals surface area contributed by atoms with Gasteiger partial charge in [0.05, 0.1) is 0 Å². The number of hydrogen-bond acceptors (Lipinski definition) is 4. The molecule has 0 spiro atoms. The molecule has 0 radical (unpaired) electrons. The van der Waals surface area contributed by atoms with Crippen molar-refractivity contribution in [3.63, 3.8) is 0 Å². The van der Waals surface area contributed by atoms with E-state index in [1.165, 1.54) is 12.1 Å². The van der Waals surface area contributed by atoms with Gasteiger partial charge in [-0.15, -0.1) is 11.8 Å². The number of hydrogen-bond donors (Lipinski definition) is 1. The summed E-state index contributed by atoms with van der Waals surface area (Å²) in [4.78, 5) is 18.6. The van der Waals surface area contributed by atoms with Gasteiger partial charge in [-0.05, 0) is 73.9 Å². The number of thioether (sulfide) groups is 2. The molecule has 0 unspecified atom stereocenters. The first kappa shape index (κ1) is 25.0. The summed E-state index contributed by atoms with van der Waals surface area (Å²) in [6, 6.07) is 12.5. The van der Waals surface area contributed by atoms with Crippen LogP contribution in [0.15, 0.2) is 80.0 Å². The molecule has 2 aromatic carbocycles. The number of aliphatic carboxylic acids is 1. The molecule has 0 atom stereocenters. The fourth-order valence-corrected chi connectivity index (χ4v) is 4.94. The number of benzene rings is 2. The van der Waals surface area contributed by atoms with Crippen molar-refractivity contribution in [1.82, 2.24) is 0 Å². The van der Waals surface area contributed by atoms with E-state index in [-0.39, 0.29) is 12.2 Å². The van der Waals surface area contributed by atoms with Gasteiger partial charge in [-0.3, -0.25) is 9.79 Å². The van der Waals surface area contributed by atoms with Crippen molar-refractivity contribution in [2.24, 2.45) is 4.99 Å². The maximum absolute atomic E-state index is 13.1. The average molecular weight is 458 g/mol. The number of carboxylic acids is 1. The zero-order chi connectivity index (χ0) is 23.0. The monoisotopic (exact) mass is 457 g/mol. The molecule has 2 aromatic rings. The SMILES string of the molecule is C=C(CCC(=O)O)Sc1c(C)cccc1SC/C(C)=C(\C)N=C(C)c1ccc(F)cc1. The summed E-state index contributed by atoms with van der Waals surface area (Å²) >= 11 is 3.29. The number of aryl methyl sites for hydroxylation is 1. The zero-order valence-electron chi connectivity index (χ0n) is 18.4. The molecule has 2 rings (SSSR count). The van der Waals surface area contributed by atoms with Crippen LogP contribution in [-0.2, 0) is 4.79 Å². The quantitative estimate of drug-likeness (QED) is 0.296. The van der Waals surface area contributed by atoms with E-state index >= 15 is 0 Å². The maximum Gasteiger partial charge on any atom is 0.303 e. The number of rotatable bonds is 10. The van der Waals surface area contributed by atoms with Crippen LogP contribution in [0.25, 0.3) is 0 Å². The molecule has 0 fully saturated rings. The highest BCUT2D eigenvalue weighted by atomic mass is 32.2. The molecular weight excluding hydrogens is 429 g/mol. The Morgan fingerprint density at radius 1 is 1.10 bits per heavy atom. The second-order valence-electron chi connectivity index (χ2n) is 7.30. The summed E-state index contributed by atoms with van der Waals surface area (Å²) in [5.74, 6) is -0.285. The van der Waals surface area contributed by atoms with Crippen molar-refractivity contribution < 1.29 is 14.3 Å². The first-order valence-electron chi connectivity index (χ1n) is 9.94. The molecule has 0 saturated carbocycles. The lowest BCUT2D eigenvalue weighted by molar-refractivity contribution is -0.136. The molecule has 0 aliphatic carbocycles. The van der Waals surface area contributed by atoms with Crippen molar-refractivity contribution in [2.45, 2.75) is 50.3 Å². The van der Waals surface area contributed by atoms with Gasteiger partial charge < -0.3 is 5.11 Å². The van der Waals surface area contributed by atoms with Crippen molar-refractivity contribution in [1.29, 1.82) is 0 Å². The minimum atomic E-state index is -0.811. The van der Waals surface area contributed by atoms with Gasteiger partial charge in [0, 0.05) is 33.4 Å². The highest BCUT2D eigenvalue weighted by Crippen LogP contribution is 2.39. The number of allylic oxidation sites excluding steroid dienone is 2. The topological polar surface area (TPSA) is 49.7 Å². The third-order valence-electron chi connectivity index (χ3n) is 4.70. The second-order valence-corrected chi connectivity index (χ2v) is 9.50. The molecule has 3 nitrogen and oxygen atoms in total. The molecule has 0 saturated heterocycles. The van der Waals surface area contributed by atoms with Gasteiger partial charge in [-0.2, -0.15) is 0 Å². The Kier molecular flexibility index (Phi) is 9.59. The lowest BCUT2D eigenvalue weighted by Crippen LogP contribution is -1.97. The lowest BCUT2D eigenvalue weighted by Gasteiger charge is -2.13. The molecule has 0 aliphatic heterocycles. The predicted octanol–water partition coefficient (Wildman–Crippen LogP) is 7.50. The normalized spacial score (nSPS) is 12.5. The lowest BCUT2D eigenvalue weighted by atomic mass is 10.1. The molecule has 164 valence electrons. The Hall–Kier alpha value is -2.31. The van der Waals surface area contributed by atoms with Crippen LogP contribution in [0, 0.1) is 12.7 Å². The van der Waals surface area contributed by atoms with E-state index in [0.29, 0.717) is 6.42 Å². The summed E-state index contributed by atoms with van der Waals surface area (Å²) in [6.07, 6.45) is 0.542. The Morgan fingerprint density at radius 3 is 2.42 bits per heavy atom. The maximum atomic E-state index is 13.1. The van der Waals surface area contributed by atoms with Gasteiger partial charge in [0.1, 0.15) is 5.82 Å². The Balaban J connectivity index is 2.11. The van der Waals surface area contributed by atoms with Gasteiger partial charge >= 0.3 is 5.97 Å². The predicted molar refractivity (Wildman–Crippen MR) is 131 cm³/mol. The minimum Gasteiger partial charge on any atom is -0.481 e. The minimum absolute atomic E-state index is 0.0899. The Bertz CT molecular complexity index is 1010. The molecule has 31 heavy (non-hydrogen) atoms. The fourth-order valence-electron chi connectivity index (χ4n) is 2.70. The van der Waals surface area contributed by atoms with E-state index in [1.54, 1.807) is 35.7 Å². The second kappa shape index (κ2) is 11.9. The molecule has 0 aromatic heterocycles. The van der Waals surface area contributed by atoms with E-state index in [2.05, 4.69) is 32.6 Å². The van der Waals surface area contributed by atoms with Crippen LogP contribution < -0.4 is 0 Å². The van der Waals surface area contributed by atoms with E-state index < -0.39 is 5.97 Å². The summed E-state index contributed by atoms with van der Waals surface area (Å²) in [5, 5.41) is 8.90. The van der Waals surface area contributed by atoms with Gasteiger partial charge in [-0.1, -0.05) is 42.6 Å². The number of carbonyl (C=O) groups is 1. The van der Waals surface area contributed by atoms with Crippen LogP contribution in [0.2, 0.25) is 0 Å². The highest BCUT2D eigenvalue weighted by Gasteiger charge is 2.11. The first-order valence-corrected chi connectivity index (χ1v) is 11.7. The van der Waals surface area contributed by atoms with Crippen LogP contribution in [0.1, 0.15) is 44.7 Å². The number of halogens is 1. The van der Waals surface area contributed by atoms with Crippen molar-refractivity contribution in [2.75, 3.05) is 5.75 Å². The van der Waals surface area contributed by atoms with E-state index in [4.69, 9.17) is 10.1 Å². The molecule has 0 heterocycles. The Labute approximate surface area is 192 Å². The molecule has 0 aliphatic rings. The number of nitrogens with zero attached hydrogens (tertiary/aromatic N) is 1. The largest absolute Gasteiger partial charge is 0.481 e. The standard InChI is InChI=1S/C25H28FNO2S2/c1-16-7-6-8-23(25(16)31-18(3)9-14-24(28)29)30-15-17(2)19(4)27-20(5)21-10-12-22(26)13-11-21/h6-8,10-13H,3,9,14-15H2,1-2,4-5H3,(H,28,29)/b19-17+,27-20?. The van der Waals surface area contributed by atoms with Crippen molar-refractivity contribution >= 4 is 35.2 Å². The summed E-state index contributed by atoms with van der Waals surface area (Å²) < 4.78 is 13.1. The van der Waals surface area contributed by atoms with Crippen LogP contribution in [-0.4, -0.2) is 22.5 Å². The fraction of sp³-hybridized carbons (Fsp3) is 0.280. The molecule has 0 amide bonds. The van der Waals surface area contributed by atoms with Crippen molar-refractivity contribution in [3.8, 4) is 0 Å². The van der Waals surface area contributed by atoms with Crippen LogP contribution >= 0.6 is 23.5 Å². The number of carboxylic acid groups (broad SMARTS) is 1. The van der Waals surface area contributed by atoms with Crippen LogP contribution in [0.3, 0.4) is 0 Å². The first-order chi connectivity index (χ1) is 14.7. The third kappa shape index (κ3) is 8.04.